The maximum atomic E-state index is 12.5. The van der Waals surface area contributed by atoms with Gasteiger partial charge in [-0.15, -0.1) is 0 Å². The van der Waals surface area contributed by atoms with E-state index in [1.807, 2.05) is 18.2 Å². The average Bonchev–Trinajstić information content (AvgIpc) is 3.26. The number of H-pyrrole nitrogens is 1. The van der Waals surface area contributed by atoms with Gasteiger partial charge in [0.2, 0.25) is 0 Å². The van der Waals surface area contributed by atoms with Gasteiger partial charge in [-0.3, -0.25) is 5.10 Å². The van der Waals surface area contributed by atoms with Gasteiger partial charge in [-0.2, -0.15) is 18.6 Å². The third-order valence-corrected chi connectivity index (χ3v) is 6.33. The van der Waals surface area contributed by atoms with E-state index in [9.17, 15) is 8.42 Å². The first-order valence-electron chi connectivity index (χ1n) is 9.80. The number of hydrogen-bond acceptors (Lipinski definition) is 6. The molecule has 2 N–H and O–H groups in total. The van der Waals surface area contributed by atoms with Crippen molar-refractivity contribution in [3.05, 3.63) is 59.8 Å². The summed E-state index contributed by atoms with van der Waals surface area (Å²) < 4.78 is 35.7. The summed E-state index contributed by atoms with van der Waals surface area (Å²) in [6.07, 6.45) is 3.95. The largest absolute Gasteiger partial charge is 0.493 e. The molecule has 0 bridgehead atoms. The predicted molar refractivity (Wildman–Crippen MR) is 120 cm³/mol. The molecule has 31 heavy (non-hydrogen) atoms. The van der Waals surface area contributed by atoms with E-state index in [0.717, 1.165) is 17.5 Å². The fourth-order valence-electron chi connectivity index (χ4n) is 3.05. The topological polar surface area (TPSA) is 106 Å². The molecule has 0 aliphatic rings. The lowest BCUT2D eigenvalue weighted by molar-refractivity contribution is 0.355. The van der Waals surface area contributed by atoms with Crippen LogP contribution in [0.1, 0.15) is 37.3 Å². The van der Waals surface area contributed by atoms with Gasteiger partial charge in [0.25, 0.3) is 10.0 Å². The lowest BCUT2D eigenvalue weighted by atomic mass is 9.99. The molecule has 164 valence electrons. The number of hydrazone groups is 1. The molecule has 3 aromatic rings. The van der Waals surface area contributed by atoms with Crippen molar-refractivity contribution in [3.63, 3.8) is 0 Å². The minimum Gasteiger partial charge on any atom is -0.493 e. The fraction of sp³-hybridized carbons (Fsp3) is 0.273. The Morgan fingerprint density at radius 1 is 1.13 bits per heavy atom. The third-order valence-electron chi connectivity index (χ3n) is 5.09. The summed E-state index contributed by atoms with van der Waals surface area (Å²) in [6, 6.07) is 12.3. The lowest BCUT2D eigenvalue weighted by Gasteiger charge is -2.10. The van der Waals surface area contributed by atoms with Crippen LogP contribution in [0.5, 0.6) is 11.5 Å². The SMILES string of the molecule is CC[C@H](C)c1ccc(S(=O)(=O)N/N=C\c2cn[nH]c2-c2ccc(OC)c(OC)c2)cc1. The Morgan fingerprint density at radius 3 is 2.48 bits per heavy atom. The van der Waals surface area contributed by atoms with Gasteiger partial charge in [0.15, 0.2) is 11.5 Å². The Bertz CT molecular complexity index is 1150. The monoisotopic (exact) mass is 442 g/mol. The maximum Gasteiger partial charge on any atom is 0.276 e. The van der Waals surface area contributed by atoms with Crippen molar-refractivity contribution in [1.29, 1.82) is 0 Å². The number of aromatic nitrogens is 2. The van der Waals surface area contributed by atoms with Crippen LogP contribution in [0.25, 0.3) is 11.3 Å². The van der Waals surface area contributed by atoms with Gasteiger partial charge >= 0.3 is 0 Å². The molecule has 3 rings (SSSR count). The van der Waals surface area contributed by atoms with Crippen LogP contribution in [0, 0.1) is 0 Å². The highest BCUT2D eigenvalue weighted by Gasteiger charge is 2.14. The summed E-state index contributed by atoms with van der Waals surface area (Å²) in [6.45, 7) is 4.20. The zero-order valence-corrected chi connectivity index (χ0v) is 18.7. The predicted octanol–water partition coefficient (Wildman–Crippen LogP) is 3.92. The summed E-state index contributed by atoms with van der Waals surface area (Å²) in [7, 11) is -0.653. The van der Waals surface area contributed by atoms with Crippen molar-refractivity contribution in [2.75, 3.05) is 14.2 Å². The average molecular weight is 443 g/mol. The van der Waals surface area contributed by atoms with Gasteiger partial charge in [-0.25, -0.2) is 4.83 Å². The second-order valence-electron chi connectivity index (χ2n) is 7.00. The van der Waals surface area contributed by atoms with Gasteiger partial charge < -0.3 is 9.47 Å². The van der Waals surface area contributed by atoms with Crippen LogP contribution in [0.2, 0.25) is 0 Å². The van der Waals surface area contributed by atoms with Gasteiger partial charge in [-0.1, -0.05) is 26.0 Å². The van der Waals surface area contributed by atoms with Crippen LogP contribution in [0.4, 0.5) is 0 Å². The van der Waals surface area contributed by atoms with Crippen LogP contribution < -0.4 is 14.3 Å². The Balaban J connectivity index is 1.77. The summed E-state index contributed by atoms with van der Waals surface area (Å²) >= 11 is 0. The number of benzene rings is 2. The van der Waals surface area contributed by atoms with E-state index in [-0.39, 0.29) is 4.90 Å². The van der Waals surface area contributed by atoms with Gasteiger partial charge in [0, 0.05) is 11.1 Å². The first-order valence-corrected chi connectivity index (χ1v) is 11.3. The number of rotatable bonds is 9. The number of ether oxygens (including phenoxy) is 2. The van der Waals surface area contributed by atoms with E-state index in [1.54, 1.807) is 44.7 Å². The molecule has 8 nitrogen and oxygen atoms in total. The first kappa shape index (κ1) is 22.4. The van der Waals surface area contributed by atoms with E-state index >= 15 is 0 Å². The number of hydrogen-bond donors (Lipinski definition) is 2. The Hall–Kier alpha value is -3.33. The highest BCUT2D eigenvalue weighted by atomic mass is 32.2. The third kappa shape index (κ3) is 5.05. The van der Waals surface area contributed by atoms with Crippen molar-refractivity contribution < 1.29 is 17.9 Å². The van der Waals surface area contributed by atoms with Crippen LogP contribution in [-0.2, 0) is 10.0 Å². The lowest BCUT2D eigenvalue weighted by Crippen LogP contribution is -2.18. The van der Waals surface area contributed by atoms with Crippen LogP contribution in [-0.4, -0.2) is 39.0 Å². The zero-order valence-electron chi connectivity index (χ0n) is 17.9. The van der Waals surface area contributed by atoms with Crippen molar-refractivity contribution >= 4 is 16.2 Å². The highest BCUT2D eigenvalue weighted by Crippen LogP contribution is 2.32. The highest BCUT2D eigenvalue weighted by molar-refractivity contribution is 7.89. The summed E-state index contributed by atoms with van der Waals surface area (Å²) in [5, 5.41) is 10.9. The summed E-state index contributed by atoms with van der Waals surface area (Å²) in [5.41, 5.74) is 3.17. The molecular weight excluding hydrogens is 416 g/mol. The molecule has 2 aromatic carbocycles. The molecule has 1 atom stereocenters. The molecular formula is C22H26N4O4S. The number of nitrogens with one attached hydrogen (secondary N) is 2. The van der Waals surface area contributed by atoms with Crippen molar-refractivity contribution in [2.24, 2.45) is 5.10 Å². The quantitative estimate of drug-likeness (QED) is 0.386. The van der Waals surface area contributed by atoms with Crippen molar-refractivity contribution in [1.82, 2.24) is 15.0 Å². The Labute approximate surface area is 182 Å². The Kier molecular flexibility index (Phi) is 6.96. The van der Waals surface area contributed by atoms with Crippen molar-refractivity contribution in [3.8, 4) is 22.8 Å². The number of aromatic amines is 1. The minimum atomic E-state index is -3.77. The molecule has 0 unspecified atom stereocenters. The molecule has 0 amide bonds. The van der Waals surface area contributed by atoms with E-state index in [4.69, 9.17) is 9.47 Å². The molecule has 1 aromatic heterocycles. The number of sulfonamides is 1. The van der Waals surface area contributed by atoms with Gasteiger partial charge in [0.05, 0.1) is 37.2 Å². The van der Waals surface area contributed by atoms with E-state index in [1.165, 1.54) is 6.21 Å². The van der Waals surface area contributed by atoms with Gasteiger partial charge in [-0.05, 0) is 48.2 Å². The van der Waals surface area contributed by atoms with E-state index in [0.29, 0.717) is 28.7 Å². The summed E-state index contributed by atoms with van der Waals surface area (Å²) in [4.78, 5) is 2.41. The Morgan fingerprint density at radius 2 is 1.84 bits per heavy atom. The van der Waals surface area contributed by atoms with Crippen LogP contribution in [0.15, 0.2) is 58.7 Å². The molecule has 0 spiro atoms. The molecule has 0 saturated heterocycles. The molecule has 0 saturated carbocycles. The zero-order chi connectivity index (χ0) is 22.4. The minimum absolute atomic E-state index is 0.156. The standard InChI is InChI=1S/C22H26N4O4S/c1-5-15(2)16-6-9-19(10-7-16)31(27,28)26-24-14-18-13-23-25-22(18)17-8-11-20(29-3)21(12-17)30-4/h6-15,26H,5H2,1-4H3,(H,23,25)/b24-14-/t15-/m0/s1. The van der Waals surface area contributed by atoms with Crippen molar-refractivity contribution in [2.45, 2.75) is 31.1 Å². The van der Waals surface area contributed by atoms with Crippen LogP contribution >= 0.6 is 0 Å². The number of methoxy groups -OCH3 is 2. The molecule has 0 radical (unpaired) electrons. The summed E-state index contributed by atoms with van der Waals surface area (Å²) in [5.74, 6) is 1.55. The fourth-order valence-corrected chi connectivity index (χ4v) is 3.84. The van der Waals surface area contributed by atoms with Crippen LogP contribution in [0.3, 0.4) is 0 Å². The first-order chi connectivity index (χ1) is 14.9. The normalized spacial score (nSPS) is 12.6. The van der Waals surface area contributed by atoms with E-state index in [2.05, 4.69) is 34.0 Å². The maximum absolute atomic E-state index is 12.5. The number of nitrogens with zero attached hydrogens (tertiary/aromatic N) is 2. The second-order valence-corrected chi connectivity index (χ2v) is 8.66. The molecule has 0 aliphatic heterocycles. The smallest absolute Gasteiger partial charge is 0.276 e. The molecule has 9 heteroatoms. The molecule has 1 heterocycles. The van der Waals surface area contributed by atoms with E-state index < -0.39 is 10.0 Å². The van der Waals surface area contributed by atoms with Gasteiger partial charge in [0.1, 0.15) is 0 Å². The molecule has 0 aliphatic carbocycles. The second kappa shape index (κ2) is 9.65. The molecule has 0 fully saturated rings.